The number of amides is 1. The molecule has 1 amide bonds. The minimum atomic E-state index is -4.41. The van der Waals surface area contributed by atoms with E-state index in [-0.39, 0.29) is 11.6 Å². The molecule has 0 saturated carbocycles. The van der Waals surface area contributed by atoms with E-state index >= 15 is 0 Å². The van der Waals surface area contributed by atoms with Crippen molar-refractivity contribution in [3.05, 3.63) is 29.3 Å². The predicted octanol–water partition coefficient (Wildman–Crippen LogP) is 2.82. The first-order valence-corrected chi connectivity index (χ1v) is 5.97. The number of hydrogen-bond donors (Lipinski definition) is 2. The zero-order valence-corrected chi connectivity index (χ0v) is 10.9. The number of carbonyl (C=O) groups is 1. The first-order valence-electron chi connectivity index (χ1n) is 5.97. The van der Waals surface area contributed by atoms with Gasteiger partial charge in [-0.05, 0) is 44.1 Å². The Morgan fingerprint density at radius 2 is 2.00 bits per heavy atom. The zero-order chi connectivity index (χ0) is 14.5. The molecule has 0 bridgehead atoms. The third-order valence-corrected chi connectivity index (χ3v) is 2.62. The lowest BCUT2D eigenvalue weighted by Crippen LogP contribution is -2.13. The summed E-state index contributed by atoms with van der Waals surface area (Å²) in [7, 11) is 1.81. The maximum Gasteiger partial charge on any atom is 0.416 e. The van der Waals surface area contributed by atoms with Crippen LogP contribution in [0.4, 0.5) is 18.9 Å². The molecule has 0 fully saturated rings. The Kier molecular flexibility index (Phi) is 5.35. The van der Waals surface area contributed by atoms with Crippen molar-refractivity contribution < 1.29 is 18.0 Å². The fourth-order valence-corrected chi connectivity index (χ4v) is 1.73. The van der Waals surface area contributed by atoms with E-state index in [4.69, 9.17) is 0 Å². The predicted molar refractivity (Wildman–Crippen MR) is 68.0 cm³/mol. The van der Waals surface area contributed by atoms with Crippen molar-refractivity contribution in [1.29, 1.82) is 0 Å². The number of alkyl halides is 3. The van der Waals surface area contributed by atoms with Gasteiger partial charge >= 0.3 is 6.18 Å². The van der Waals surface area contributed by atoms with Crippen LogP contribution in [0.5, 0.6) is 0 Å². The summed E-state index contributed by atoms with van der Waals surface area (Å²) in [4.78, 5) is 11.1. The van der Waals surface area contributed by atoms with E-state index in [2.05, 4.69) is 10.6 Å². The summed E-state index contributed by atoms with van der Waals surface area (Å²) in [6, 6.07) is 3.44. The van der Waals surface area contributed by atoms with Crippen molar-refractivity contribution in [2.24, 2.45) is 0 Å². The van der Waals surface area contributed by atoms with Crippen molar-refractivity contribution in [2.45, 2.75) is 25.9 Å². The Morgan fingerprint density at radius 1 is 1.32 bits per heavy atom. The highest BCUT2D eigenvalue weighted by Gasteiger charge is 2.31. The fraction of sp³-hybridized carbons (Fsp3) is 0.462. The van der Waals surface area contributed by atoms with E-state index in [1.165, 1.54) is 13.0 Å². The van der Waals surface area contributed by atoms with Crippen LogP contribution in [0.3, 0.4) is 0 Å². The molecular formula is C13H17F3N2O. The topological polar surface area (TPSA) is 41.1 Å². The molecule has 0 radical (unpaired) electrons. The summed E-state index contributed by atoms with van der Waals surface area (Å²) in [6.07, 6.45) is -3.01. The van der Waals surface area contributed by atoms with Gasteiger partial charge in [-0.3, -0.25) is 4.79 Å². The first kappa shape index (κ1) is 15.5. The minimum absolute atomic E-state index is 0.235. The third kappa shape index (κ3) is 4.90. The highest BCUT2D eigenvalue weighted by atomic mass is 19.4. The van der Waals surface area contributed by atoms with Gasteiger partial charge in [0.25, 0.3) is 0 Å². The quantitative estimate of drug-likeness (QED) is 0.811. The number of aryl methyl sites for hydroxylation is 1. The van der Waals surface area contributed by atoms with Crippen LogP contribution in [-0.2, 0) is 17.4 Å². The monoisotopic (exact) mass is 274 g/mol. The van der Waals surface area contributed by atoms with E-state index < -0.39 is 11.7 Å². The molecule has 0 atom stereocenters. The summed E-state index contributed by atoms with van der Waals surface area (Å²) in [6.45, 7) is 2.04. The van der Waals surface area contributed by atoms with Gasteiger partial charge < -0.3 is 10.6 Å². The third-order valence-electron chi connectivity index (χ3n) is 2.62. The molecule has 19 heavy (non-hydrogen) atoms. The molecule has 0 saturated heterocycles. The van der Waals surface area contributed by atoms with Gasteiger partial charge in [0.1, 0.15) is 0 Å². The van der Waals surface area contributed by atoms with Crippen molar-refractivity contribution >= 4 is 11.6 Å². The largest absolute Gasteiger partial charge is 0.416 e. The van der Waals surface area contributed by atoms with Gasteiger partial charge in [-0.1, -0.05) is 6.07 Å². The van der Waals surface area contributed by atoms with E-state index in [9.17, 15) is 18.0 Å². The second-order valence-electron chi connectivity index (χ2n) is 4.26. The molecule has 1 aromatic rings. The normalized spacial score (nSPS) is 11.4. The second kappa shape index (κ2) is 6.56. The summed E-state index contributed by atoms with van der Waals surface area (Å²) >= 11 is 0. The van der Waals surface area contributed by atoms with Gasteiger partial charge in [0.15, 0.2) is 0 Å². The van der Waals surface area contributed by atoms with Crippen LogP contribution in [0.1, 0.15) is 24.5 Å². The maximum atomic E-state index is 12.6. The molecule has 0 unspecified atom stereocenters. The lowest BCUT2D eigenvalue weighted by atomic mass is 10.0. The summed E-state index contributed by atoms with van der Waals surface area (Å²) < 4.78 is 37.9. The van der Waals surface area contributed by atoms with Gasteiger partial charge in [0.05, 0.1) is 5.56 Å². The van der Waals surface area contributed by atoms with E-state index in [1.807, 2.05) is 7.05 Å². The lowest BCUT2D eigenvalue weighted by Gasteiger charge is -2.14. The van der Waals surface area contributed by atoms with Crippen LogP contribution in [0.2, 0.25) is 0 Å². The van der Waals surface area contributed by atoms with Crippen molar-refractivity contribution in [3.8, 4) is 0 Å². The summed E-state index contributed by atoms with van der Waals surface area (Å²) in [5.41, 5.74) is 0.186. The molecule has 106 valence electrons. The number of rotatable bonds is 5. The van der Waals surface area contributed by atoms with Crippen molar-refractivity contribution in [3.63, 3.8) is 0 Å². The number of carbonyl (C=O) groups excluding carboxylic acids is 1. The number of nitrogens with one attached hydrogen (secondary N) is 2. The minimum Gasteiger partial charge on any atom is -0.326 e. The van der Waals surface area contributed by atoms with Gasteiger partial charge in [0.2, 0.25) is 5.91 Å². The lowest BCUT2D eigenvalue weighted by molar-refractivity contribution is -0.137. The van der Waals surface area contributed by atoms with E-state index in [0.29, 0.717) is 12.0 Å². The Balaban J connectivity index is 2.99. The van der Waals surface area contributed by atoms with Crippen molar-refractivity contribution in [2.75, 3.05) is 18.9 Å². The average Bonchev–Trinajstić information content (AvgIpc) is 2.29. The van der Waals surface area contributed by atoms with Crippen molar-refractivity contribution in [1.82, 2.24) is 5.32 Å². The van der Waals surface area contributed by atoms with Crippen LogP contribution in [0.25, 0.3) is 0 Å². The van der Waals surface area contributed by atoms with Gasteiger partial charge in [-0.2, -0.15) is 13.2 Å². The Labute approximate surface area is 110 Å². The van der Waals surface area contributed by atoms with Crippen LogP contribution in [0, 0.1) is 0 Å². The van der Waals surface area contributed by atoms with Gasteiger partial charge in [0, 0.05) is 12.6 Å². The number of benzene rings is 1. The Bertz CT molecular complexity index is 444. The smallest absolute Gasteiger partial charge is 0.326 e. The van der Waals surface area contributed by atoms with E-state index in [0.717, 1.165) is 25.1 Å². The van der Waals surface area contributed by atoms with E-state index in [1.54, 1.807) is 0 Å². The molecule has 3 nitrogen and oxygen atoms in total. The van der Waals surface area contributed by atoms with Crippen LogP contribution in [0.15, 0.2) is 18.2 Å². The fourth-order valence-electron chi connectivity index (χ4n) is 1.73. The number of halogens is 3. The van der Waals surface area contributed by atoms with Crippen LogP contribution in [-0.4, -0.2) is 19.5 Å². The van der Waals surface area contributed by atoms with Gasteiger partial charge in [-0.25, -0.2) is 0 Å². The molecule has 2 N–H and O–H groups in total. The molecule has 1 aromatic carbocycles. The van der Waals surface area contributed by atoms with Crippen LogP contribution < -0.4 is 10.6 Å². The molecular weight excluding hydrogens is 257 g/mol. The van der Waals surface area contributed by atoms with Gasteiger partial charge in [-0.15, -0.1) is 0 Å². The zero-order valence-electron chi connectivity index (χ0n) is 10.9. The molecule has 0 aliphatic rings. The maximum absolute atomic E-state index is 12.6. The molecule has 0 aliphatic heterocycles. The number of hydrogen-bond acceptors (Lipinski definition) is 2. The van der Waals surface area contributed by atoms with Crippen LogP contribution >= 0.6 is 0 Å². The molecule has 0 aromatic heterocycles. The Morgan fingerprint density at radius 3 is 2.53 bits per heavy atom. The highest BCUT2D eigenvalue weighted by Crippen LogP contribution is 2.32. The molecule has 1 rings (SSSR count). The summed E-state index contributed by atoms with van der Waals surface area (Å²) in [5, 5.41) is 5.42. The highest BCUT2D eigenvalue weighted by molar-refractivity contribution is 5.89. The average molecular weight is 274 g/mol. The molecule has 0 aliphatic carbocycles. The standard InChI is InChI=1S/C13H17F3N2O/c1-9(19)18-12-8-11(13(14,15)16)6-5-10(12)4-3-7-17-2/h5-6,8,17H,3-4,7H2,1-2H3,(H,18,19). The molecule has 0 heterocycles. The molecule has 6 heteroatoms. The number of anilines is 1. The second-order valence-corrected chi connectivity index (χ2v) is 4.26. The first-order chi connectivity index (χ1) is 8.84. The molecule has 0 spiro atoms. The SMILES string of the molecule is CNCCCc1ccc(C(F)(F)F)cc1NC(C)=O. The Hall–Kier alpha value is -1.56. The summed E-state index contributed by atoms with van der Waals surface area (Å²) in [5.74, 6) is -0.380.